The van der Waals surface area contributed by atoms with Crippen molar-refractivity contribution in [3.05, 3.63) is 93.6 Å². The van der Waals surface area contributed by atoms with E-state index in [0.717, 1.165) is 17.7 Å². The van der Waals surface area contributed by atoms with E-state index in [1.54, 1.807) is 23.9 Å². The molecular weight excluding hydrogens is 686 g/mol. The predicted molar refractivity (Wildman–Crippen MR) is 181 cm³/mol. The molecule has 5 aromatic rings. The van der Waals surface area contributed by atoms with Gasteiger partial charge in [0.05, 0.1) is 11.2 Å². The lowest BCUT2D eigenvalue weighted by molar-refractivity contribution is -0.120. The number of hydrogen-bond acceptors (Lipinski definition) is 6. The van der Waals surface area contributed by atoms with Crippen LogP contribution in [0.15, 0.2) is 42.5 Å². The number of halogens is 6. The minimum absolute atomic E-state index is 0.0708. The molecule has 0 spiro atoms. The lowest BCUT2D eigenvalue weighted by atomic mass is 9.86. The summed E-state index contributed by atoms with van der Waals surface area (Å²) in [7, 11) is 1.71. The zero-order chi connectivity index (χ0) is 37.4. The highest BCUT2D eigenvalue weighted by molar-refractivity contribution is 6.02. The number of benzene rings is 2. The first kappa shape index (κ1) is 35.3. The first-order chi connectivity index (χ1) is 24.4. The summed E-state index contributed by atoms with van der Waals surface area (Å²) in [6.07, 6.45) is -3.57. The molecule has 3 aromatic heterocycles. The molecule has 0 saturated heterocycles. The number of hydrogen-bond donors (Lipinski definition) is 2. The molecule has 0 bridgehead atoms. The Hall–Kier alpha value is -5.16. The quantitative estimate of drug-likeness (QED) is 0.123. The monoisotopic (exact) mass is 720 g/mol. The van der Waals surface area contributed by atoms with Gasteiger partial charge >= 0.3 is 0 Å². The fourth-order valence-electron chi connectivity index (χ4n) is 7.49. The molecule has 1 saturated carbocycles. The molecule has 2 aromatic carbocycles. The van der Waals surface area contributed by atoms with Gasteiger partial charge in [-0.15, -0.1) is 0 Å². The summed E-state index contributed by atoms with van der Waals surface area (Å²) in [4.78, 5) is 18.8. The number of alkyl halides is 4. The highest BCUT2D eigenvalue weighted by Gasteiger charge is 2.67. The SMILES string of the molecule is Cc1ccc(-c2ccc(C#CC(C)(C)O)nc2[C@@H](CC(=O)Cn2nc(C(F)F)c3c2C(F)(F)[C@@H]2C[C@H]32)Cc2cc(F)cc(F)c2)c2c1c(N)nn2C. The number of anilines is 1. The van der Waals surface area contributed by atoms with Crippen molar-refractivity contribution < 1.29 is 36.2 Å². The number of nitrogens with two attached hydrogens (primary N) is 1. The largest absolute Gasteiger partial charge is 0.382 e. The van der Waals surface area contributed by atoms with Crippen molar-refractivity contribution in [3.63, 3.8) is 0 Å². The van der Waals surface area contributed by atoms with Gasteiger partial charge in [0, 0.05) is 53.4 Å². The van der Waals surface area contributed by atoms with Crippen LogP contribution in [0.4, 0.5) is 32.2 Å². The number of Topliss-reactive ketones (excluding diaryl/α,β-unsaturated/α-hetero) is 1. The Morgan fingerprint density at radius 2 is 1.77 bits per heavy atom. The minimum atomic E-state index is -3.43. The molecule has 0 unspecified atom stereocenters. The fraction of sp³-hybridized carbons (Fsp3) is 0.368. The van der Waals surface area contributed by atoms with Crippen molar-refractivity contribution in [2.45, 2.75) is 76.4 Å². The van der Waals surface area contributed by atoms with E-state index in [9.17, 15) is 27.5 Å². The van der Waals surface area contributed by atoms with Crippen LogP contribution in [0.1, 0.15) is 84.4 Å². The van der Waals surface area contributed by atoms with E-state index >= 15 is 8.78 Å². The van der Waals surface area contributed by atoms with Gasteiger partial charge in [-0.3, -0.25) is 14.2 Å². The maximum atomic E-state index is 15.3. The maximum absolute atomic E-state index is 15.3. The number of fused-ring (bicyclic) bond motifs is 4. The second-order valence-corrected chi connectivity index (χ2v) is 14.2. The standard InChI is InChI=1S/C38H34F6N6O2/c1-18-5-7-26(33-29(18)36(45)48-49(33)4)25-8-6-23(9-10-37(2,3)52)46-31(25)20(11-19-12-21(39)15-22(40)13-19)14-24(51)17-50-34-30(32(47-50)35(41)42)27-16-28(27)38(34,43)44/h5-8,12-13,15,20,27-28,35,52H,11,14,16-17H2,1-4H3,(H2,45,48)/t20-,27+,28-/m1/s1. The van der Waals surface area contributed by atoms with E-state index in [1.165, 1.54) is 13.8 Å². The Balaban J connectivity index is 1.37. The Kier molecular flexibility index (Phi) is 8.48. The third-order valence-electron chi connectivity index (χ3n) is 9.69. The molecule has 3 N–H and O–H groups in total. The van der Waals surface area contributed by atoms with Crippen LogP contribution in [0.3, 0.4) is 0 Å². The van der Waals surface area contributed by atoms with Crippen molar-refractivity contribution in [2.75, 3.05) is 5.73 Å². The smallest absolute Gasteiger partial charge is 0.293 e. The van der Waals surface area contributed by atoms with Crippen LogP contribution >= 0.6 is 0 Å². The molecular formula is C38H34F6N6O2. The van der Waals surface area contributed by atoms with E-state index in [-0.39, 0.29) is 41.2 Å². The third kappa shape index (κ3) is 6.31. The lowest BCUT2D eigenvalue weighted by Crippen LogP contribution is -2.24. The number of aliphatic hydroxyl groups is 1. The van der Waals surface area contributed by atoms with Crippen molar-refractivity contribution in [1.29, 1.82) is 0 Å². The number of rotatable bonds is 9. The van der Waals surface area contributed by atoms with Gasteiger partial charge in [-0.25, -0.2) is 22.5 Å². The van der Waals surface area contributed by atoms with Gasteiger partial charge in [0.15, 0.2) is 11.6 Å². The van der Waals surface area contributed by atoms with Crippen LogP contribution in [0.2, 0.25) is 0 Å². The summed E-state index contributed by atoms with van der Waals surface area (Å²) in [6.45, 7) is 4.11. The van der Waals surface area contributed by atoms with Crippen LogP contribution in [0.5, 0.6) is 0 Å². The lowest BCUT2D eigenvalue weighted by Gasteiger charge is -2.22. The van der Waals surface area contributed by atoms with Crippen LogP contribution < -0.4 is 5.73 Å². The molecule has 0 radical (unpaired) electrons. The van der Waals surface area contributed by atoms with Gasteiger partial charge in [0.1, 0.15) is 40.9 Å². The van der Waals surface area contributed by atoms with Crippen LogP contribution in [0.25, 0.3) is 22.0 Å². The van der Waals surface area contributed by atoms with E-state index < -0.39 is 77.5 Å². The highest BCUT2D eigenvalue weighted by Crippen LogP contribution is 2.68. The van der Waals surface area contributed by atoms with Gasteiger partial charge in [0.25, 0.3) is 12.3 Å². The predicted octanol–water partition coefficient (Wildman–Crippen LogP) is 7.26. The number of pyridine rings is 1. The molecule has 1 fully saturated rings. The summed E-state index contributed by atoms with van der Waals surface area (Å²) in [5, 5.41) is 19.2. The van der Waals surface area contributed by atoms with Crippen molar-refractivity contribution in [3.8, 4) is 23.0 Å². The van der Waals surface area contributed by atoms with E-state index in [0.29, 0.717) is 32.8 Å². The fourth-order valence-corrected chi connectivity index (χ4v) is 7.49. The number of ketones is 1. The number of aromatic nitrogens is 5. The van der Waals surface area contributed by atoms with E-state index in [2.05, 4.69) is 22.0 Å². The number of nitrogen functional groups attached to an aromatic ring is 1. The molecule has 7 rings (SSSR count). The molecule has 14 heteroatoms. The Morgan fingerprint density at radius 1 is 1.08 bits per heavy atom. The number of carbonyl (C=O) groups is 1. The average molecular weight is 721 g/mol. The summed E-state index contributed by atoms with van der Waals surface area (Å²) in [5.74, 6) is -2.75. The topological polar surface area (TPSA) is 112 Å². The molecule has 2 aliphatic carbocycles. The second-order valence-electron chi connectivity index (χ2n) is 14.2. The van der Waals surface area contributed by atoms with Crippen LogP contribution in [0, 0.1) is 36.3 Å². The first-order valence-electron chi connectivity index (χ1n) is 16.6. The minimum Gasteiger partial charge on any atom is -0.382 e. The van der Waals surface area contributed by atoms with E-state index in [1.807, 2.05) is 19.1 Å². The van der Waals surface area contributed by atoms with Gasteiger partial charge in [0.2, 0.25) is 0 Å². The third-order valence-corrected chi connectivity index (χ3v) is 9.69. The summed E-state index contributed by atoms with van der Waals surface area (Å²) >= 11 is 0. The first-order valence-corrected chi connectivity index (χ1v) is 16.6. The van der Waals surface area contributed by atoms with Crippen LogP contribution in [-0.2, 0) is 30.7 Å². The average Bonchev–Trinajstić information content (AvgIpc) is 3.60. The molecule has 8 nitrogen and oxygen atoms in total. The van der Waals surface area contributed by atoms with E-state index in [4.69, 9.17) is 10.7 Å². The molecule has 3 atom stereocenters. The van der Waals surface area contributed by atoms with Crippen molar-refractivity contribution >= 4 is 22.5 Å². The zero-order valence-corrected chi connectivity index (χ0v) is 28.6. The number of aryl methyl sites for hydroxylation is 2. The number of carbonyl (C=O) groups excluding carboxylic acids is 1. The van der Waals surface area contributed by atoms with Gasteiger partial charge in [-0.2, -0.15) is 19.0 Å². The van der Waals surface area contributed by atoms with Crippen molar-refractivity contribution in [2.24, 2.45) is 13.0 Å². The Morgan fingerprint density at radius 3 is 2.44 bits per heavy atom. The zero-order valence-electron chi connectivity index (χ0n) is 28.6. The number of nitrogens with zero attached hydrogens (tertiary/aromatic N) is 5. The summed E-state index contributed by atoms with van der Waals surface area (Å²) in [6, 6.07) is 9.95. The summed E-state index contributed by atoms with van der Waals surface area (Å²) < 4.78 is 89.9. The molecule has 2 aliphatic rings. The molecule has 52 heavy (non-hydrogen) atoms. The van der Waals surface area contributed by atoms with Gasteiger partial charge in [-0.05, 0) is 80.8 Å². The van der Waals surface area contributed by atoms with Crippen LogP contribution in [-0.4, -0.2) is 41.0 Å². The molecule has 0 amide bonds. The van der Waals surface area contributed by atoms with Gasteiger partial charge < -0.3 is 10.8 Å². The second kappa shape index (κ2) is 12.5. The van der Waals surface area contributed by atoms with Crippen molar-refractivity contribution in [1.82, 2.24) is 24.5 Å². The normalized spacial score (nSPS) is 17.9. The summed E-state index contributed by atoms with van der Waals surface area (Å²) in [5.41, 5.74) is 6.56. The highest BCUT2D eigenvalue weighted by atomic mass is 19.3. The maximum Gasteiger partial charge on any atom is 0.293 e. The molecule has 270 valence electrons. The van der Waals surface area contributed by atoms with Gasteiger partial charge in [-0.1, -0.05) is 18.1 Å². The molecule has 3 heterocycles. The molecule has 0 aliphatic heterocycles. The Bertz CT molecular complexity index is 2310. The Labute approximate surface area is 294 Å².